The number of nitrogens with two attached hydrogens (primary N) is 1. The average molecular weight is 221 g/mol. The van der Waals surface area contributed by atoms with Crippen molar-refractivity contribution in [1.82, 2.24) is 4.98 Å². The fourth-order valence-corrected chi connectivity index (χ4v) is 1.16. The van der Waals surface area contributed by atoms with Crippen molar-refractivity contribution in [2.24, 2.45) is 5.73 Å². The van der Waals surface area contributed by atoms with Gasteiger partial charge in [0, 0.05) is 12.1 Å². The van der Waals surface area contributed by atoms with Crippen LogP contribution in [0, 0.1) is 5.82 Å². The summed E-state index contributed by atoms with van der Waals surface area (Å²) in [5, 5.41) is -0.0639. The van der Waals surface area contributed by atoms with Gasteiger partial charge >= 0.3 is 0 Å². The molecule has 0 unspecified atom stereocenters. The second kappa shape index (κ2) is 4.56. The molecule has 0 fully saturated rings. The van der Waals surface area contributed by atoms with Crippen molar-refractivity contribution >= 4 is 29.3 Å². The topological polar surface area (TPSA) is 38.9 Å². The number of halogens is 3. The highest BCUT2D eigenvalue weighted by Gasteiger charge is 2.05. The van der Waals surface area contributed by atoms with E-state index < -0.39 is 5.82 Å². The Morgan fingerprint density at radius 1 is 1.46 bits per heavy atom. The molecule has 5 heteroatoms. The van der Waals surface area contributed by atoms with Crippen LogP contribution in [0.2, 0.25) is 10.3 Å². The maximum atomic E-state index is 12.9. The third-order valence-electron chi connectivity index (χ3n) is 1.35. The van der Waals surface area contributed by atoms with Crippen LogP contribution >= 0.6 is 23.2 Å². The van der Waals surface area contributed by atoms with Crippen molar-refractivity contribution in [1.29, 1.82) is 0 Å². The van der Waals surface area contributed by atoms with Crippen molar-refractivity contribution in [2.45, 2.75) is 0 Å². The van der Waals surface area contributed by atoms with Gasteiger partial charge in [0.1, 0.15) is 5.15 Å². The lowest BCUT2D eigenvalue weighted by atomic mass is 10.2. The molecule has 1 heterocycles. The smallest absolute Gasteiger partial charge is 0.166 e. The van der Waals surface area contributed by atoms with Crippen LogP contribution in [-0.4, -0.2) is 11.5 Å². The normalized spacial score (nSPS) is 11.1. The second-order valence-electron chi connectivity index (χ2n) is 2.28. The molecule has 0 radical (unpaired) electrons. The third-order valence-corrected chi connectivity index (χ3v) is 1.92. The molecule has 0 aliphatic heterocycles. The van der Waals surface area contributed by atoms with E-state index in [2.05, 4.69) is 4.98 Å². The highest BCUT2D eigenvalue weighted by molar-refractivity contribution is 6.33. The van der Waals surface area contributed by atoms with Crippen molar-refractivity contribution in [3.05, 3.63) is 33.8 Å². The molecule has 0 saturated heterocycles. The van der Waals surface area contributed by atoms with Gasteiger partial charge in [-0.2, -0.15) is 0 Å². The van der Waals surface area contributed by atoms with Gasteiger partial charge in [-0.25, -0.2) is 9.37 Å². The molecule has 70 valence electrons. The number of pyridine rings is 1. The summed E-state index contributed by atoms with van der Waals surface area (Å²) in [5.41, 5.74) is 5.69. The first-order valence-electron chi connectivity index (χ1n) is 3.53. The van der Waals surface area contributed by atoms with E-state index in [0.29, 0.717) is 12.1 Å². The summed E-state index contributed by atoms with van der Waals surface area (Å²) in [7, 11) is 0. The molecule has 13 heavy (non-hydrogen) atoms. The Hall–Kier alpha value is -0.640. The summed E-state index contributed by atoms with van der Waals surface area (Å²) >= 11 is 11.1. The molecule has 2 nitrogen and oxygen atoms in total. The van der Waals surface area contributed by atoms with E-state index in [4.69, 9.17) is 28.9 Å². The summed E-state index contributed by atoms with van der Waals surface area (Å²) in [4.78, 5) is 3.59. The highest BCUT2D eigenvalue weighted by Crippen LogP contribution is 2.21. The minimum absolute atomic E-state index is 0.163. The lowest BCUT2D eigenvalue weighted by Crippen LogP contribution is -1.93. The summed E-state index contributed by atoms with van der Waals surface area (Å²) in [6.45, 7) is 0.362. The summed E-state index contributed by atoms with van der Waals surface area (Å²) < 4.78 is 12.9. The molecule has 0 atom stereocenters. The minimum atomic E-state index is -0.595. The van der Waals surface area contributed by atoms with Crippen molar-refractivity contribution in [2.75, 3.05) is 6.54 Å². The first-order valence-corrected chi connectivity index (χ1v) is 4.29. The SMILES string of the molecule is NC/C=C/c1cc(F)c(Cl)nc1Cl. The van der Waals surface area contributed by atoms with E-state index in [9.17, 15) is 4.39 Å². The van der Waals surface area contributed by atoms with E-state index in [0.717, 1.165) is 0 Å². The number of hydrogen-bond acceptors (Lipinski definition) is 2. The molecule has 0 amide bonds. The molecule has 0 aliphatic rings. The maximum absolute atomic E-state index is 12.9. The van der Waals surface area contributed by atoms with Gasteiger partial charge in [0.15, 0.2) is 11.0 Å². The van der Waals surface area contributed by atoms with E-state index in [1.807, 2.05) is 0 Å². The quantitative estimate of drug-likeness (QED) is 0.779. The van der Waals surface area contributed by atoms with Gasteiger partial charge in [-0.1, -0.05) is 35.4 Å². The Morgan fingerprint density at radius 2 is 2.15 bits per heavy atom. The molecule has 1 aromatic rings. The molecular weight excluding hydrogens is 214 g/mol. The Kier molecular flexibility index (Phi) is 3.66. The molecular formula is C8H7Cl2FN2. The van der Waals surface area contributed by atoms with E-state index in [1.165, 1.54) is 6.07 Å². The number of nitrogens with zero attached hydrogens (tertiary/aromatic N) is 1. The zero-order valence-corrected chi connectivity index (χ0v) is 8.11. The van der Waals surface area contributed by atoms with E-state index in [-0.39, 0.29) is 10.3 Å². The van der Waals surface area contributed by atoms with E-state index >= 15 is 0 Å². The number of hydrogen-bond donors (Lipinski definition) is 1. The van der Waals surface area contributed by atoms with Crippen LogP contribution in [0.4, 0.5) is 4.39 Å². The van der Waals surface area contributed by atoms with Gasteiger partial charge in [-0.15, -0.1) is 0 Å². The third kappa shape index (κ3) is 2.66. The van der Waals surface area contributed by atoms with E-state index in [1.54, 1.807) is 12.2 Å². The summed E-state index contributed by atoms with van der Waals surface area (Å²) in [5.74, 6) is -0.595. The first kappa shape index (κ1) is 10.4. The van der Waals surface area contributed by atoms with Gasteiger partial charge in [0.2, 0.25) is 0 Å². The molecule has 1 rings (SSSR count). The van der Waals surface area contributed by atoms with Gasteiger partial charge in [-0.3, -0.25) is 0 Å². The molecule has 0 saturated carbocycles. The Labute approximate surface area is 85.2 Å². The van der Waals surface area contributed by atoms with Crippen LogP contribution in [0.1, 0.15) is 5.56 Å². The number of rotatable bonds is 2. The first-order chi connectivity index (χ1) is 6.15. The minimum Gasteiger partial charge on any atom is -0.327 e. The zero-order chi connectivity index (χ0) is 9.84. The van der Waals surface area contributed by atoms with Crippen LogP contribution in [0.25, 0.3) is 6.08 Å². The van der Waals surface area contributed by atoms with Gasteiger partial charge in [-0.05, 0) is 6.07 Å². The zero-order valence-electron chi connectivity index (χ0n) is 6.60. The molecule has 1 aromatic heterocycles. The maximum Gasteiger partial charge on any atom is 0.166 e. The fourth-order valence-electron chi connectivity index (χ4n) is 0.772. The van der Waals surface area contributed by atoms with Crippen LogP contribution < -0.4 is 5.73 Å². The molecule has 2 N–H and O–H groups in total. The van der Waals surface area contributed by atoms with Crippen LogP contribution in [0.3, 0.4) is 0 Å². The van der Waals surface area contributed by atoms with Gasteiger partial charge < -0.3 is 5.73 Å². The largest absolute Gasteiger partial charge is 0.327 e. The monoisotopic (exact) mass is 220 g/mol. The molecule has 0 spiro atoms. The number of aromatic nitrogens is 1. The highest BCUT2D eigenvalue weighted by atomic mass is 35.5. The van der Waals surface area contributed by atoms with Crippen LogP contribution in [0.5, 0.6) is 0 Å². The van der Waals surface area contributed by atoms with Crippen LogP contribution in [-0.2, 0) is 0 Å². The summed E-state index contributed by atoms with van der Waals surface area (Å²) in [6.07, 6.45) is 3.24. The second-order valence-corrected chi connectivity index (χ2v) is 3.00. The molecule has 0 aliphatic carbocycles. The average Bonchev–Trinajstić information content (AvgIpc) is 2.09. The predicted molar refractivity (Wildman–Crippen MR) is 52.3 cm³/mol. The Morgan fingerprint density at radius 3 is 2.77 bits per heavy atom. The summed E-state index contributed by atoms with van der Waals surface area (Å²) in [6, 6.07) is 1.21. The molecule has 0 aromatic carbocycles. The van der Waals surface area contributed by atoms with Crippen molar-refractivity contribution < 1.29 is 4.39 Å². The van der Waals surface area contributed by atoms with Crippen LogP contribution in [0.15, 0.2) is 12.1 Å². The fraction of sp³-hybridized carbons (Fsp3) is 0.125. The lowest BCUT2D eigenvalue weighted by Gasteiger charge is -1.99. The van der Waals surface area contributed by atoms with Gasteiger partial charge in [0.25, 0.3) is 0 Å². The Bertz CT molecular complexity index is 339. The van der Waals surface area contributed by atoms with Crippen molar-refractivity contribution in [3.8, 4) is 0 Å². The molecule has 0 bridgehead atoms. The van der Waals surface area contributed by atoms with Crippen molar-refractivity contribution in [3.63, 3.8) is 0 Å². The predicted octanol–water partition coefficient (Wildman–Crippen LogP) is 2.50. The standard InChI is InChI=1S/C8H7Cl2FN2/c9-7-5(2-1-3-12)4-6(11)8(10)13-7/h1-2,4H,3,12H2/b2-1+. The van der Waals surface area contributed by atoms with Gasteiger partial charge in [0.05, 0.1) is 0 Å². The lowest BCUT2D eigenvalue weighted by molar-refractivity contribution is 0.621. The Balaban J connectivity index is 3.08.